The van der Waals surface area contributed by atoms with Gasteiger partial charge >= 0.3 is 6.61 Å². The molecular weight excluding hydrogens is 273 g/mol. The lowest BCUT2D eigenvalue weighted by atomic mass is 10.2. The van der Waals surface area contributed by atoms with Crippen molar-refractivity contribution in [2.75, 3.05) is 30.8 Å². The number of hydrogen-bond donors (Lipinski definition) is 2. The third kappa shape index (κ3) is 5.56. The Balaban J connectivity index is 2.52. The van der Waals surface area contributed by atoms with Gasteiger partial charge in [0.2, 0.25) is 0 Å². The van der Waals surface area contributed by atoms with Crippen LogP contribution in [-0.2, 0) is 4.74 Å². The molecule has 0 spiro atoms. The van der Waals surface area contributed by atoms with Gasteiger partial charge in [-0.15, -0.1) is 0 Å². The average molecular weight is 292 g/mol. The molecule has 0 amide bonds. The Bertz CT molecular complexity index is 417. The molecule has 0 fully saturated rings. The van der Waals surface area contributed by atoms with Crippen LogP contribution in [0.25, 0.3) is 0 Å². The maximum Gasteiger partial charge on any atom is 0.387 e. The van der Waals surface area contributed by atoms with Crippen LogP contribution in [0.1, 0.15) is 19.8 Å². The number of hydrogen-bond acceptors (Lipinski definition) is 4. The number of ether oxygens (including phenoxy) is 2. The Hall–Kier alpha value is -1.63. The Morgan fingerprint density at radius 1 is 1.30 bits per heavy atom. The molecule has 0 aliphatic carbocycles. The quantitative estimate of drug-likeness (QED) is 0.542. The van der Waals surface area contributed by atoms with Gasteiger partial charge in [0.15, 0.2) is 11.6 Å². The number of nitrogen functional groups attached to an aromatic ring is 1. The van der Waals surface area contributed by atoms with Crippen molar-refractivity contribution in [3.05, 3.63) is 17.9 Å². The number of rotatable bonds is 9. The lowest BCUT2D eigenvalue weighted by molar-refractivity contribution is -0.0521. The maximum atomic E-state index is 13.3. The fourth-order valence-corrected chi connectivity index (χ4v) is 1.55. The van der Waals surface area contributed by atoms with Crippen molar-refractivity contribution in [2.24, 2.45) is 0 Å². The van der Waals surface area contributed by atoms with Crippen LogP contribution in [0.4, 0.5) is 24.5 Å². The Kier molecular flexibility index (Phi) is 7.00. The van der Waals surface area contributed by atoms with E-state index in [2.05, 4.69) is 10.1 Å². The van der Waals surface area contributed by atoms with Crippen LogP contribution in [0.15, 0.2) is 12.1 Å². The normalized spacial score (nSPS) is 10.8. The summed E-state index contributed by atoms with van der Waals surface area (Å²) in [4.78, 5) is 0. The number of nitrogens with one attached hydrogen (secondary N) is 1. The minimum atomic E-state index is -3.08. The first-order chi connectivity index (χ1) is 9.54. The van der Waals surface area contributed by atoms with Gasteiger partial charge in [-0.1, -0.05) is 6.92 Å². The Labute approximate surface area is 116 Å². The summed E-state index contributed by atoms with van der Waals surface area (Å²) in [6.07, 6.45) is 1.68. The molecule has 0 aromatic heterocycles. The third-order valence-corrected chi connectivity index (χ3v) is 2.45. The van der Waals surface area contributed by atoms with Gasteiger partial charge < -0.3 is 20.5 Å². The largest absolute Gasteiger partial charge is 0.432 e. The number of nitrogens with two attached hydrogens (primary N) is 1. The second-order valence-corrected chi connectivity index (χ2v) is 4.14. The van der Waals surface area contributed by atoms with Crippen molar-refractivity contribution in [2.45, 2.75) is 26.4 Å². The molecule has 0 aliphatic heterocycles. The van der Waals surface area contributed by atoms with E-state index in [1.54, 1.807) is 0 Å². The fraction of sp³-hybridized carbons (Fsp3) is 0.538. The number of halogens is 3. The topological polar surface area (TPSA) is 56.5 Å². The molecule has 20 heavy (non-hydrogen) atoms. The molecule has 0 saturated carbocycles. The van der Waals surface area contributed by atoms with Crippen molar-refractivity contribution in [1.82, 2.24) is 0 Å². The predicted octanol–water partition coefficient (Wildman–Crippen LogP) is 3.24. The van der Waals surface area contributed by atoms with Gasteiger partial charge in [-0.25, -0.2) is 4.39 Å². The van der Waals surface area contributed by atoms with Crippen LogP contribution in [0, 0.1) is 5.82 Å². The van der Waals surface area contributed by atoms with Gasteiger partial charge in [0.1, 0.15) is 0 Å². The van der Waals surface area contributed by atoms with E-state index in [1.165, 1.54) is 0 Å². The molecule has 3 N–H and O–H groups in total. The van der Waals surface area contributed by atoms with Gasteiger partial charge in [0, 0.05) is 31.9 Å². The molecule has 0 bridgehead atoms. The first-order valence-corrected chi connectivity index (χ1v) is 6.40. The summed E-state index contributed by atoms with van der Waals surface area (Å²) in [6, 6.07) is 2.08. The van der Waals surface area contributed by atoms with E-state index in [4.69, 9.17) is 10.5 Å². The summed E-state index contributed by atoms with van der Waals surface area (Å²) in [6.45, 7) is 0.756. The zero-order chi connectivity index (χ0) is 15.0. The van der Waals surface area contributed by atoms with E-state index >= 15 is 0 Å². The first kappa shape index (κ1) is 16.4. The van der Waals surface area contributed by atoms with E-state index in [0.717, 1.165) is 25.0 Å². The fourth-order valence-electron chi connectivity index (χ4n) is 1.55. The lowest BCUT2D eigenvalue weighted by Gasteiger charge is -2.13. The number of benzene rings is 1. The summed E-state index contributed by atoms with van der Waals surface area (Å²) >= 11 is 0. The summed E-state index contributed by atoms with van der Waals surface area (Å²) in [5, 5.41) is 2.93. The molecule has 114 valence electrons. The van der Waals surface area contributed by atoms with Crippen molar-refractivity contribution >= 4 is 11.4 Å². The molecule has 0 unspecified atom stereocenters. The van der Waals surface area contributed by atoms with Crippen LogP contribution in [0.5, 0.6) is 5.75 Å². The zero-order valence-corrected chi connectivity index (χ0v) is 11.3. The molecule has 4 nitrogen and oxygen atoms in total. The van der Waals surface area contributed by atoms with Crippen molar-refractivity contribution in [3.63, 3.8) is 0 Å². The molecule has 1 aromatic rings. The smallest absolute Gasteiger partial charge is 0.387 e. The van der Waals surface area contributed by atoms with Crippen molar-refractivity contribution in [3.8, 4) is 5.75 Å². The van der Waals surface area contributed by atoms with Gasteiger partial charge in [0.05, 0.1) is 11.4 Å². The molecule has 0 saturated heterocycles. The van der Waals surface area contributed by atoms with Crippen LogP contribution in [0.2, 0.25) is 0 Å². The first-order valence-electron chi connectivity index (χ1n) is 6.40. The van der Waals surface area contributed by atoms with E-state index in [-0.39, 0.29) is 5.69 Å². The molecule has 0 radical (unpaired) electrons. The molecular formula is C13H19F3N2O2. The molecule has 0 atom stereocenters. The zero-order valence-electron chi connectivity index (χ0n) is 11.3. The SMILES string of the molecule is CCCOCCCNc1cc(OC(F)F)c(F)cc1N. The summed E-state index contributed by atoms with van der Waals surface area (Å²) in [7, 11) is 0. The van der Waals surface area contributed by atoms with Gasteiger partial charge in [-0.3, -0.25) is 0 Å². The molecule has 0 aliphatic rings. The molecule has 0 heterocycles. The molecule has 1 rings (SSSR count). The lowest BCUT2D eigenvalue weighted by Crippen LogP contribution is -2.09. The van der Waals surface area contributed by atoms with E-state index in [9.17, 15) is 13.2 Å². The Morgan fingerprint density at radius 2 is 2.05 bits per heavy atom. The predicted molar refractivity (Wildman–Crippen MR) is 71.7 cm³/mol. The van der Waals surface area contributed by atoms with E-state index < -0.39 is 18.2 Å². The second-order valence-electron chi connectivity index (χ2n) is 4.14. The highest BCUT2D eigenvalue weighted by atomic mass is 19.3. The highest BCUT2D eigenvalue weighted by Crippen LogP contribution is 2.29. The minimum Gasteiger partial charge on any atom is -0.432 e. The monoisotopic (exact) mass is 292 g/mol. The van der Waals surface area contributed by atoms with Crippen LogP contribution < -0.4 is 15.8 Å². The summed E-state index contributed by atoms with van der Waals surface area (Å²) in [5.41, 5.74) is 6.10. The highest BCUT2D eigenvalue weighted by Gasteiger charge is 2.13. The maximum absolute atomic E-state index is 13.3. The third-order valence-electron chi connectivity index (χ3n) is 2.45. The van der Waals surface area contributed by atoms with Crippen molar-refractivity contribution in [1.29, 1.82) is 0 Å². The van der Waals surface area contributed by atoms with Gasteiger partial charge in [-0.05, 0) is 12.8 Å². The molecule has 1 aromatic carbocycles. The van der Waals surface area contributed by atoms with Gasteiger partial charge in [0.25, 0.3) is 0 Å². The van der Waals surface area contributed by atoms with E-state index in [0.29, 0.717) is 25.4 Å². The summed E-state index contributed by atoms with van der Waals surface area (Å²) < 4.78 is 46.9. The van der Waals surface area contributed by atoms with Crippen LogP contribution >= 0.6 is 0 Å². The van der Waals surface area contributed by atoms with E-state index in [1.807, 2.05) is 6.92 Å². The highest BCUT2D eigenvalue weighted by molar-refractivity contribution is 5.68. The minimum absolute atomic E-state index is 0.138. The standard InChI is InChI=1S/C13H19F3N2O2/c1-2-5-19-6-3-4-18-11-8-12(20-13(15)16)9(14)7-10(11)17/h7-8,13,18H,2-6,17H2,1H3. The number of alkyl halides is 2. The molecule has 7 heteroatoms. The van der Waals surface area contributed by atoms with Gasteiger partial charge in [-0.2, -0.15) is 8.78 Å². The van der Waals surface area contributed by atoms with Crippen LogP contribution in [-0.4, -0.2) is 26.4 Å². The average Bonchev–Trinajstić information content (AvgIpc) is 2.38. The Morgan fingerprint density at radius 3 is 2.70 bits per heavy atom. The second kappa shape index (κ2) is 8.52. The summed E-state index contributed by atoms with van der Waals surface area (Å²) in [5.74, 6) is -1.45. The number of anilines is 2. The van der Waals surface area contributed by atoms with Crippen molar-refractivity contribution < 1.29 is 22.6 Å². The van der Waals surface area contributed by atoms with Crippen LogP contribution in [0.3, 0.4) is 0 Å².